The van der Waals surface area contributed by atoms with Crippen molar-refractivity contribution in [3.8, 4) is 0 Å². The molecule has 0 unspecified atom stereocenters. The third-order valence-corrected chi connectivity index (χ3v) is 1.65. The second kappa shape index (κ2) is 1.69. The summed E-state index contributed by atoms with van der Waals surface area (Å²) in [6, 6.07) is -0.428. The molecule has 0 aromatic carbocycles. The van der Waals surface area contributed by atoms with Gasteiger partial charge < -0.3 is 15.9 Å². The van der Waals surface area contributed by atoms with Crippen molar-refractivity contribution in [3.05, 3.63) is 0 Å². The van der Waals surface area contributed by atoms with Crippen LogP contribution in [0.4, 0.5) is 0 Å². The van der Waals surface area contributed by atoms with Crippen LogP contribution in [0.25, 0.3) is 0 Å². The Hall–Kier alpha value is -0.120. The molecule has 0 aromatic heterocycles. The normalized spacial score (nSPS) is 35.6. The molecule has 1 rings (SSSR count). The monoisotopic (exact) mass is 117 g/mol. The molecular weight excluding hydrogens is 106 g/mol. The quantitative estimate of drug-likeness (QED) is 0.363. The molecule has 1 atom stereocenters. The van der Waals surface area contributed by atoms with Crippen LogP contribution < -0.4 is 5.73 Å². The summed E-state index contributed by atoms with van der Waals surface area (Å²) in [5, 5.41) is 17.8. The summed E-state index contributed by atoms with van der Waals surface area (Å²) >= 11 is 0. The Morgan fingerprint density at radius 2 is 2.12 bits per heavy atom. The zero-order valence-electron chi connectivity index (χ0n) is 4.67. The molecule has 48 valence electrons. The lowest BCUT2D eigenvalue weighted by molar-refractivity contribution is -0.163. The van der Waals surface area contributed by atoms with Gasteiger partial charge >= 0.3 is 0 Å². The van der Waals surface area contributed by atoms with Gasteiger partial charge in [0.25, 0.3) is 0 Å². The predicted molar refractivity (Wildman–Crippen MR) is 29.0 cm³/mol. The molecule has 0 amide bonds. The van der Waals surface area contributed by atoms with Gasteiger partial charge in [-0.25, -0.2) is 0 Å². The fraction of sp³-hybridized carbons (Fsp3) is 1.00. The summed E-state index contributed by atoms with van der Waals surface area (Å²) in [6.45, 7) is 0. The number of hydrogen-bond donors (Lipinski definition) is 3. The summed E-state index contributed by atoms with van der Waals surface area (Å²) < 4.78 is 0. The molecule has 8 heavy (non-hydrogen) atoms. The minimum absolute atomic E-state index is 0.425. The van der Waals surface area contributed by atoms with Crippen molar-refractivity contribution >= 4 is 0 Å². The van der Waals surface area contributed by atoms with E-state index in [0.29, 0.717) is 6.42 Å². The number of rotatable bonds is 0. The first-order chi connectivity index (χ1) is 3.63. The lowest BCUT2D eigenvalue weighted by atomic mass is 10.2. The first-order valence-corrected chi connectivity index (χ1v) is 2.83. The molecule has 1 fully saturated rings. The van der Waals surface area contributed by atoms with Gasteiger partial charge in [0.2, 0.25) is 0 Å². The second-order valence-corrected chi connectivity index (χ2v) is 2.38. The Kier molecular flexibility index (Phi) is 1.27. The van der Waals surface area contributed by atoms with Crippen molar-refractivity contribution in [2.24, 2.45) is 5.73 Å². The number of nitrogens with two attached hydrogens (primary N) is 1. The number of aliphatic hydroxyl groups is 2. The van der Waals surface area contributed by atoms with E-state index in [2.05, 4.69) is 0 Å². The summed E-state index contributed by atoms with van der Waals surface area (Å²) in [5.41, 5.74) is 5.31. The van der Waals surface area contributed by atoms with E-state index in [1.807, 2.05) is 0 Å². The van der Waals surface area contributed by atoms with Gasteiger partial charge in [-0.2, -0.15) is 0 Å². The van der Waals surface area contributed by atoms with Crippen LogP contribution in [0.1, 0.15) is 19.3 Å². The molecule has 0 saturated heterocycles. The second-order valence-electron chi connectivity index (χ2n) is 2.38. The Balaban J connectivity index is 2.54. The van der Waals surface area contributed by atoms with E-state index in [1.54, 1.807) is 0 Å². The van der Waals surface area contributed by atoms with Crippen molar-refractivity contribution in [1.82, 2.24) is 0 Å². The van der Waals surface area contributed by atoms with Crippen LogP contribution in [0, 0.1) is 0 Å². The first-order valence-electron chi connectivity index (χ1n) is 2.83. The van der Waals surface area contributed by atoms with E-state index < -0.39 is 11.8 Å². The van der Waals surface area contributed by atoms with Gasteiger partial charge in [0, 0.05) is 6.42 Å². The van der Waals surface area contributed by atoms with Gasteiger partial charge in [-0.05, 0) is 12.8 Å². The molecule has 1 aliphatic carbocycles. The van der Waals surface area contributed by atoms with Gasteiger partial charge in [-0.3, -0.25) is 0 Å². The standard InChI is InChI=1S/C5H11NO2/c6-4-2-1-3-5(4,7)8/h4,7-8H,1-3,6H2/t4-/m1/s1. The van der Waals surface area contributed by atoms with Crippen LogP contribution >= 0.6 is 0 Å². The third kappa shape index (κ3) is 0.844. The number of hydrogen-bond acceptors (Lipinski definition) is 3. The lowest BCUT2D eigenvalue weighted by Crippen LogP contribution is -2.42. The third-order valence-electron chi connectivity index (χ3n) is 1.65. The molecule has 3 nitrogen and oxygen atoms in total. The average Bonchev–Trinajstić information content (AvgIpc) is 1.86. The fourth-order valence-corrected chi connectivity index (χ4v) is 0.999. The highest BCUT2D eigenvalue weighted by atomic mass is 16.5. The largest absolute Gasteiger partial charge is 0.364 e. The van der Waals surface area contributed by atoms with Gasteiger partial charge in [0.15, 0.2) is 5.79 Å². The molecule has 0 aliphatic heterocycles. The molecule has 1 aliphatic rings. The van der Waals surface area contributed by atoms with Crippen LogP contribution in [0.15, 0.2) is 0 Å². The maximum Gasteiger partial charge on any atom is 0.178 e. The van der Waals surface area contributed by atoms with Crippen LogP contribution in [0.2, 0.25) is 0 Å². The molecule has 0 heterocycles. The summed E-state index contributed by atoms with van der Waals surface area (Å²) in [4.78, 5) is 0. The molecule has 1 saturated carbocycles. The Morgan fingerprint density at radius 1 is 1.50 bits per heavy atom. The van der Waals surface area contributed by atoms with Gasteiger partial charge in [-0.15, -0.1) is 0 Å². The maximum atomic E-state index is 8.89. The van der Waals surface area contributed by atoms with Crippen molar-refractivity contribution in [2.75, 3.05) is 0 Å². The Labute approximate surface area is 48.1 Å². The van der Waals surface area contributed by atoms with Crippen molar-refractivity contribution < 1.29 is 10.2 Å². The summed E-state index contributed by atoms with van der Waals surface area (Å²) in [6.07, 6.45) is 1.98. The lowest BCUT2D eigenvalue weighted by Gasteiger charge is -2.19. The maximum absolute atomic E-state index is 8.89. The van der Waals surface area contributed by atoms with E-state index in [-0.39, 0.29) is 0 Å². The average molecular weight is 117 g/mol. The molecule has 4 N–H and O–H groups in total. The van der Waals surface area contributed by atoms with E-state index in [1.165, 1.54) is 0 Å². The van der Waals surface area contributed by atoms with E-state index in [4.69, 9.17) is 15.9 Å². The minimum atomic E-state index is -1.57. The van der Waals surface area contributed by atoms with E-state index in [9.17, 15) is 0 Å². The predicted octanol–water partition coefficient (Wildman–Crippen LogP) is -0.822. The SMILES string of the molecule is N[C@@H]1CCCC1(O)O. The highest BCUT2D eigenvalue weighted by molar-refractivity contribution is 4.85. The first kappa shape index (κ1) is 6.01. The highest BCUT2D eigenvalue weighted by Gasteiger charge is 2.36. The van der Waals surface area contributed by atoms with Crippen LogP contribution in [0.5, 0.6) is 0 Å². The topological polar surface area (TPSA) is 66.5 Å². The summed E-state index contributed by atoms with van der Waals surface area (Å²) in [7, 11) is 0. The fourth-order valence-electron chi connectivity index (χ4n) is 0.999. The van der Waals surface area contributed by atoms with Crippen molar-refractivity contribution in [3.63, 3.8) is 0 Å². The van der Waals surface area contributed by atoms with Gasteiger partial charge in [-0.1, -0.05) is 0 Å². The van der Waals surface area contributed by atoms with Gasteiger partial charge in [0.05, 0.1) is 6.04 Å². The molecule has 0 aromatic rings. The highest BCUT2D eigenvalue weighted by Crippen LogP contribution is 2.25. The smallest absolute Gasteiger partial charge is 0.178 e. The van der Waals surface area contributed by atoms with Crippen molar-refractivity contribution in [1.29, 1.82) is 0 Å². The zero-order valence-corrected chi connectivity index (χ0v) is 4.67. The van der Waals surface area contributed by atoms with Crippen molar-refractivity contribution in [2.45, 2.75) is 31.1 Å². The van der Waals surface area contributed by atoms with Gasteiger partial charge in [0.1, 0.15) is 0 Å². The van der Waals surface area contributed by atoms with E-state index in [0.717, 1.165) is 12.8 Å². The Morgan fingerprint density at radius 3 is 2.25 bits per heavy atom. The molecular formula is C5H11NO2. The zero-order chi connectivity index (χ0) is 6.20. The Bertz CT molecular complexity index is 92.4. The van der Waals surface area contributed by atoms with Crippen LogP contribution in [-0.2, 0) is 0 Å². The summed E-state index contributed by atoms with van der Waals surface area (Å²) in [5.74, 6) is -1.57. The van der Waals surface area contributed by atoms with Crippen LogP contribution in [-0.4, -0.2) is 22.0 Å². The minimum Gasteiger partial charge on any atom is -0.364 e. The molecule has 3 heteroatoms. The molecule has 0 bridgehead atoms. The van der Waals surface area contributed by atoms with E-state index >= 15 is 0 Å². The molecule has 0 radical (unpaired) electrons. The molecule has 0 spiro atoms. The van der Waals surface area contributed by atoms with Crippen LogP contribution in [0.3, 0.4) is 0 Å².